The molecule has 2 N–H and O–H groups in total. The van der Waals surface area contributed by atoms with Crippen molar-refractivity contribution in [1.29, 1.82) is 0 Å². The Balaban J connectivity index is 2.34. The minimum Gasteiger partial charge on any atom is -0.329 e. The highest BCUT2D eigenvalue weighted by Gasteiger charge is 2.21. The fourth-order valence-electron chi connectivity index (χ4n) is 2.77. The molecule has 102 valence electrons. The molecule has 17 heavy (non-hydrogen) atoms. The molecule has 0 aromatic rings. The summed E-state index contributed by atoms with van der Waals surface area (Å²) in [6.45, 7) is 5.64. The van der Waals surface area contributed by atoms with Crippen molar-refractivity contribution in [2.45, 2.75) is 63.2 Å². The number of hydrogen-bond donors (Lipinski definition) is 1. The van der Waals surface area contributed by atoms with Gasteiger partial charge in [-0.25, -0.2) is 0 Å². The third-order valence-electron chi connectivity index (χ3n) is 3.97. The highest BCUT2D eigenvalue weighted by molar-refractivity contribution is 7.99. The Bertz CT molecular complexity index is 187. The Kier molecular flexibility index (Phi) is 8.33. The molecule has 0 aromatic heterocycles. The lowest BCUT2D eigenvalue weighted by atomic mass is 10.1. The zero-order valence-corrected chi connectivity index (χ0v) is 12.5. The molecule has 0 aliphatic carbocycles. The van der Waals surface area contributed by atoms with Crippen LogP contribution in [0, 0.1) is 0 Å². The van der Waals surface area contributed by atoms with Crippen LogP contribution in [0.1, 0.15) is 51.9 Å². The molecule has 2 nitrogen and oxygen atoms in total. The Morgan fingerprint density at radius 3 is 2.76 bits per heavy atom. The van der Waals surface area contributed by atoms with Gasteiger partial charge >= 0.3 is 0 Å². The number of nitrogens with zero attached hydrogens (tertiary/aromatic N) is 1. The van der Waals surface area contributed by atoms with Crippen LogP contribution < -0.4 is 5.73 Å². The topological polar surface area (TPSA) is 29.3 Å². The maximum Gasteiger partial charge on any atom is 0.0218 e. The quantitative estimate of drug-likeness (QED) is 0.712. The van der Waals surface area contributed by atoms with Gasteiger partial charge < -0.3 is 5.73 Å². The summed E-state index contributed by atoms with van der Waals surface area (Å²) in [6, 6.07) is 0.641. The fraction of sp³-hybridized carbons (Fsp3) is 1.00. The largest absolute Gasteiger partial charge is 0.329 e. The highest BCUT2D eigenvalue weighted by atomic mass is 32.2. The van der Waals surface area contributed by atoms with Crippen LogP contribution in [0.3, 0.4) is 0 Å². The van der Waals surface area contributed by atoms with Gasteiger partial charge in [0.2, 0.25) is 0 Å². The molecule has 0 aromatic carbocycles. The molecule has 1 aliphatic heterocycles. The van der Waals surface area contributed by atoms with Gasteiger partial charge in [0.1, 0.15) is 0 Å². The summed E-state index contributed by atoms with van der Waals surface area (Å²) in [5, 5.41) is 0.883. The molecule has 2 unspecified atom stereocenters. The smallest absolute Gasteiger partial charge is 0.0218 e. The van der Waals surface area contributed by atoms with Crippen LogP contribution in [-0.4, -0.2) is 42.1 Å². The number of rotatable bonds is 7. The number of nitrogens with two attached hydrogens (primary N) is 1. The Morgan fingerprint density at radius 2 is 2.12 bits per heavy atom. The Hall–Kier alpha value is 0.270. The van der Waals surface area contributed by atoms with Crippen molar-refractivity contribution in [2.24, 2.45) is 5.73 Å². The highest BCUT2D eigenvalue weighted by Crippen LogP contribution is 2.23. The molecule has 0 spiro atoms. The van der Waals surface area contributed by atoms with Crippen molar-refractivity contribution in [3.05, 3.63) is 0 Å². The predicted molar refractivity (Wildman–Crippen MR) is 79.7 cm³/mol. The summed E-state index contributed by atoms with van der Waals surface area (Å²) in [6.07, 6.45) is 11.7. The second-order valence-electron chi connectivity index (χ2n) is 5.21. The molecule has 0 amide bonds. The van der Waals surface area contributed by atoms with Gasteiger partial charge in [0, 0.05) is 17.8 Å². The number of likely N-dealkylation sites (tertiary alicyclic amines) is 1. The van der Waals surface area contributed by atoms with Gasteiger partial charge in [0.15, 0.2) is 0 Å². The van der Waals surface area contributed by atoms with Gasteiger partial charge in [-0.15, -0.1) is 0 Å². The normalized spacial score (nSPS) is 24.5. The lowest BCUT2D eigenvalue weighted by Crippen LogP contribution is -2.41. The van der Waals surface area contributed by atoms with Crippen LogP contribution in [0.2, 0.25) is 0 Å². The summed E-state index contributed by atoms with van der Waals surface area (Å²) >= 11 is 2.04. The SMILES string of the molecule is CCCCCC(CN)N1CCCC(SC)CC1. The van der Waals surface area contributed by atoms with E-state index in [1.165, 1.54) is 58.0 Å². The van der Waals surface area contributed by atoms with E-state index in [1.54, 1.807) is 0 Å². The zero-order valence-electron chi connectivity index (χ0n) is 11.7. The van der Waals surface area contributed by atoms with E-state index in [4.69, 9.17) is 5.73 Å². The fourth-order valence-corrected chi connectivity index (χ4v) is 3.51. The summed E-state index contributed by atoms with van der Waals surface area (Å²) in [7, 11) is 0. The third kappa shape index (κ3) is 5.62. The van der Waals surface area contributed by atoms with E-state index >= 15 is 0 Å². The van der Waals surface area contributed by atoms with E-state index in [9.17, 15) is 0 Å². The van der Waals surface area contributed by atoms with Crippen LogP contribution in [0.5, 0.6) is 0 Å². The average Bonchev–Trinajstić information content (AvgIpc) is 2.60. The molecule has 1 heterocycles. The minimum atomic E-state index is 0.641. The molecular formula is C14H30N2S. The van der Waals surface area contributed by atoms with Crippen molar-refractivity contribution in [3.8, 4) is 0 Å². The summed E-state index contributed by atoms with van der Waals surface area (Å²) in [4.78, 5) is 2.66. The second-order valence-corrected chi connectivity index (χ2v) is 6.35. The summed E-state index contributed by atoms with van der Waals surface area (Å²) in [5.74, 6) is 0. The van der Waals surface area contributed by atoms with Crippen LogP contribution in [0.25, 0.3) is 0 Å². The average molecular weight is 258 g/mol. The molecule has 0 radical (unpaired) electrons. The zero-order chi connectivity index (χ0) is 12.5. The first-order valence-corrected chi connectivity index (χ1v) is 8.57. The number of thioether (sulfide) groups is 1. The van der Waals surface area contributed by atoms with Crippen molar-refractivity contribution in [1.82, 2.24) is 4.90 Å². The van der Waals surface area contributed by atoms with Crippen LogP contribution in [-0.2, 0) is 0 Å². The van der Waals surface area contributed by atoms with Crippen LogP contribution in [0.4, 0.5) is 0 Å². The lowest BCUT2D eigenvalue weighted by Gasteiger charge is -2.29. The van der Waals surface area contributed by atoms with Gasteiger partial charge in [-0.1, -0.05) is 26.2 Å². The Labute approximate surface area is 112 Å². The van der Waals surface area contributed by atoms with Crippen molar-refractivity contribution in [3.63, 3.8) is 0 Å². The van der Waals surface area contributed by atoms with E-state index in [2.05, 4.69) is 18.1 Å². The third-order valence-corrected chi connectivity index (χ3v) is 5.11. The first kappa shape index (κ1) is 15.3. The van der Waals surface area contributed by atoms with Crippen LogP contribution >= 0.6 is 11.8 Å². The van der Waals surface area contributed by atoms with E-state index in [-0.39, 0.29) is 0 Å². The van der Waals surface area contributed by atoms with Gasteiger partial charge in [-0.2, -0.15) is 11.8 Å². The lowest BCUT2D eigenvalue weighted by molar-refractivity contribution is 0.195. The molecule has 1 aliphatic rings. The van der Waals surface area contributed by atoms with Gasteiger partial charge in [-0.05, 0) is 45.0 Å². The minimum absolute atomic E-state index is 0.641. The molecule has 3 heteroatoms. The van der Waals surface area contributed by atoms with Crippen molar-refractivity contribution >= 4 is 11.8 Å². The summed E-state index contributed by atoms with van der Waals surface area (Å²) in [5.41, 5.74) is 5.96. The van der Waals surface area contributed by atoms with Crippen molar-refractivity contribution in [2.75, 3.05) is 25.9 Å². The molecule has 2 atom stereocenters. The first-order valence-electron chi connectivity index (χ1n) is 7.28. The molecule has 0 bridgehead atoms. The monoisotopic (exact) mass is 258 g/mol. The molecule has 1 saturated heterocycles. The van der Waals surface area contributed by atoms with E-state index in [1.807, 2.05) is 11.8 Å². The number of unbranched alkanes of at least 4 members (excludes halogenated alkanes) is 2. The molecule has 1 rings (SSSR count). The standard InChI is InChI=1S/C14H30N2S/c1-3-4-5-7-13(12-15)16-10-6-8-14(17-2)9-11-16/h13-14H,3-12,15H2,1-2H3. The van der Waals surface area contributed by atoms with Gasteiger partial charge in [-0.3, -0.25) is 4.90 Å². The predicted octanol–water partition coefficient (Wildman–Crippen LogP) is 3.11. The second kappa shape index (κ2) is 9.23. The Morgan fingerprint density at radius 1 is 1.29 bits per heavy atom. The first-order chi connectivity index (χ1) is 8.31. The molecular weight excluding hydrogens is 228 g/mol. The van der Waals surface area contributed by atoms with E-state index < -0.39 is 0 Å². The summed E-state index contributed by atoms with van der Waals surface area (Å²) < 4.78 is 0. The van der Waals surface area contributed by atoms with Crippen molar-refractivity contribution < 1.29 is 0 Å². The molecule has 1 fully saturated rings. The van der Waals surface area contributed by atoms with Gasteiger partial charge in [0.05, 0.1) is 0 Å². The number of hydrogen-bond acceptors (Lipinski definition) is 3. The van der Waals surface area contributed by atoms with E-state index in [0.29, 0.717) is 6.04 Å². The van der Waals surface area contributed by atoms with Gasteiger partial charge in [0.25, 0.3) is 0 Å². The van der Waals surface area contributed by atoms with E-state index in [0.717, 1.165) is 11.8 Å². The molecule has 0 saturated carbocycles. The maximum absolute atomic E-state index is 5.96. The van der Waals surface area contributed by atoms with Crippen LogP contribution in [0.15, 0.2) is 0 Å². The maximum atomic E-state index is 5.96.